The summed E-state index contributed by atoms with van der Waals surface area (Å²) in [7, 11) is 0. The van der Waals surface area contributed by atoms with Crippen molar-refractivity contribution in [2.45, 2.75) is 27.7 Å². The number of aliphatic hydroxyl groups excluding tert-OH is 2. The number of rotatable bonds is 9. The van der Waals surface area contributed by atoms with Crippen LogP contribution in [0.2, 0.25) is 0 Å². The summed E-state index contributed by atoms with van der Waals surface area (Å²) >= 11 is 0. The number of hydrogen-bond acceptors (Lipinski definition) is 4. The van der Waals surface area contributed by atoms with Crippen LogP contribution < -0.4 is 0 Å². The highest BCUT2D eigenvalue weighted by molar-refractivity contribution is 4.70. The molecule has 0 saturated carbocycles. The fourth-order valence-corrected chi connectivity index (χ4v) is 1.10. The van der Waals surface area contributed by atoms with Crippen LogP contribution in [-0.2, 0) is 9.47 Å². The number of ether oxygens (including phenoxy) is 2. The Bertz CT molecular complexity index is 178. The highest BCUT2D eigenvalue weighted by atomic mass is 16.5. The topological polar surface area (TPSA) is 58.9 Å². The molecule has 0 aromatic carbocycles. The van der Waals surface area contributed by atoms with Gasteiger partial charge in [-0.25, -0.2) is 0 Å². The lowest BCUT2D eigenvalue weighted by atomic mass is 9.94. The molecular formula is C12H26O4. The van der Waals surface area contributed by atoms with Crippen molar-refractivity contribution in [2.24, 2.45) is 10.8 Å². The average molecular weight is 234 g/mol. The average Bonchev–Trinajstić information content (AvgIpc) is 2.17. The van der Waals surface area contributed by atoms with Crippen molar-refractivity contribution in [1.82, 2.24) is 0 Å². The molecule has 0 amide bonds. The lowest BCUT2D eigenvalue weighted by molar-refractivity contribution is -0.0393. The van der Waals surface area contributed by atoms with E-state index in [-0.39, 0.29) is 24.0 Å². The summed E-state index contributed by atoms with van der Waals surface area (Å²) in [6, 6.07) is 0. The summed E-state index contributed by atoms with van der Waals surface area (Å²) in [4.78, 5) is 0. The fourth-order valence-electron chi connectivity index (χ4n) is 1.10. The summed E-state index contributed by atoms with van der Waals surface area (Å²) < 4.78 is 10.9. The lowest BCUT2D eigenvalue weighted by Crippen LogP contribution is -2.30. The van der Waals surface area contributed by atoms with Gasteiger partial charge in [0.05, 0.1) is 39.6 Å². The van der Waals surface area contributed by atoms with Gasteiger partial charge in [0, 0.05) is 10.8 Å². The maximum atomic E-state index is 9.06. The minimum absolute atomic E-state index is 0.0501. The first kappa shape index (κ1) is 15.8. The molecule has 0 aliphatic rings. The van der Waals surface area contributed by atoms with Gasteiger partial charge in [0.2, 0.25) is 0 Å². The largest absolute Gasteiger partial charge is 0.396 e. The summed E-state index contributed by atoms with van der Waals surface area (Å²) in [6.07, 6.45) is 0. The van der Waals surface area contributed by atoms with E-state index in [0.29, 0.717) is 26.4 Å². The molecule has 0 spiro atoms. The van der Waals surface area contributed by atoms with Crippen LogP contribution in [-0.4, -0.2) is 49.9 Å². The summed E-state index contributed by atoms with van der Waals surface area (Å²) in [5.74, 6) is 0. The molecule has 16 heavy (non-hydrogen) atoms. The lowest BCUT2D eigenvalue weighted by Gasteiger charge is -2.27. The Morgan fingerprint density at radius 2 is 1.31 bits per heavy atom. The highest BCUT2D eigenvalue weighted by Gasteiger charge is 2.22. The maximum Gasteiger partial charge on any atom is 0.0697 e. The van der Waals surface area contributed by atoms with Crippen LogP contribution in [0.25, 0.3) is 0 Å². The van der Waals surface area contributed by atoms with Crippen LogP contribution >= 0.6 is 0 Å². The monoisotopic (exact) mass is 234 g/mol. The Hall–Kier alpha value is -0.160. The predicted molar refractivity (Wildman–Crippen MR) is 63.4 cm³/mol. The summed E-state index contributed by atoms with van der Waals surface area (Å²) in [6.45, 7) is 10.2. The van der Waals surface area contributed by atoms with Crippen LogP contribution in [0.1, 0.15) is 27.7 Å². The fraction of sp³-hybridized carbons (Fsp3) is 1.00. The molecule has 0 aliphatic heterocycles. The molecule has 0 bridgehead atoms. The molecule has 2 N–H and O–H groups in total. The molecule has 4 heteroatoms. The summed E-state index contributed by atoms with van der Waals surface area (Å²) in [5, 5.41) is 17.7. The molecule has 0 fully saturated rings. The number of hydrogen-bond donors (Lipinski definition) is 2. The first-order valence-corrected chi connectivity index (χ1v) is 5.70. The molecule has 0 aliphatic carbocycles. The van der Waals surface area contributed by atoms with E-state index in [4.69, 9.17) is 19.7 Å². The molecule has 0 atom stereocenters. The van der Waals surface area contributed by atoms with Crippen molar-refractivity contribution in [2.75, 3.05) is 39.6 Å². The molecule has 0 radical (unpaired) electrons. The molecule has 0 aromatic heterocycles. The van der Waals surface area contributed by atoms with Crippen molar-refractivity contribution >= 4 is 0 Å². The Morgan fingerprint density at radius 3 is 1.81 bits per heavy atom. The minimum Gasteiger partial charge on any atom is -0.396 e. The predicted octanol–water partition coefficient (Wildman–Crippen LogP) is 1.06. The second kappa shape index (κ2) is 7.22. The van der Waals surface area contributed by atoms with Gasteiger partial charge in [-0.3, -0.25) is 0 Å². The molecule has 0 saturated heterocycles. The minimum atomic E-state index is -0.192. The molecule has 0 rings (SSSR count). The van der Waals surface area contributed by atoms with E-state index in [1.807, 2.05) is 13.8 Å². The van der Waals surface area contributed by atoms with E-state index in [2.05, 4.69) is 13.8 Å². The van der Waals surface area contributed by atoms with Crippen LogP contribution in [0, 0.1) is 10.8 Å². The van der Waals surface area contributed by atoms with Crippen molar-refractivity contribution < 1.29 is 19.7 Å². The van der Waals surface area contributed by atoms with Gasteiger partial charge in [-0.1, -0.05) is 27.7 Å². The molecule has 4 nitrogen and oxygen atoms in total. The molecule has 0 aromatic rings. The summed E-state index contributed by atoms with van der Waals surface area (Å²) in [5.41, 5.74) is -0.261. The molecular weight excluding hydrogens is 208 g/mol. The first-order chi connectivity index (χ1) is 7.33. The van der Waals surface area contributed by atoms with Crippen LogP contribution in [0.15, 0.2) is 0 Å². The van der Waals surface area contributed by atoms with Gasteiger partial charge in [-0.15, -0.1) is 0 Å². The standard InChI is InChI=1S/C12H26O4/c1-11(2,7-14)8-16-10-12(3,4)9-15-6-5-13/h13-14H,5-10H2,1-4H3. The smallest absolute Gasteiger partial charge is 0.0697 e. The van der Waals surface area contributed by atoms with Gasteiger partial charge >= 0.3 is 0 Å². The van der Waals surface area contributed by atoms with Gasteiger partial charge in [-0.2, -0.15) is 0 Å². The van der Waals surface area contributed by atoms with Crippen molar-refractivity contribution in [1.29, 1.82) is 0 Å². The Labute approximate surface area is 98.6 Å². The maximum absolute atomic E-state index is 9.06. The van der Waals surface area contributed by atoms with Crippen molar-refractivity contribution in [3.05, 3.63) is 0 Å². The van der Waals surface area contributed by atoms with E-state index < -0.39 is 0 Å². The Morgan fingerprint density at radius 1 is 0.812 bits per heavy atom. The van der Waals surface area contributed by atoms with E-state index in [9.17, 15) is 0 Å². The van der Waals surface area contributed by atoms with Gasteiger partial charge in [0.1, 0.15) is 0 Å². The number of aliphatic hydroxyl groups is 2. The zero-order valence-corrected chi connectivity index (χ0v) is 11.0. The Kier molecular flexibility index (Phi) is 7.15. The van der Waals surface area contributed by atoms with E-state index >= 15 is 0 Å². The van der Waals surface area contributed by atoms with Crippen LogP contribution in [0.4, 0.5) is 0 Å². The van der Waals surface area contributed by atoms with E-state index in [0.717, 1.165) is 0 Å². The van der Waals surface area contributed by atoms with Crippen LogP contribution in [0.3, 0.4) is 0 Å². The SMILES string of the molecule is CC(C)(CO)COCC(C)(C)COCCO. The second-order valence-electron chi connectivity index (χ2n) is 5.76. The zero-order chi connectivity index (χ0) is 12.7. The quantitative estimate of drug-likeness (QED) is 0.586. The van der Waals surface area contributed by atoms with Gasteiger partial charge in [-0.05, 0) is 0 Å². The van der Waals surface area contributed by atoms with E-state index in [1.165, 1.54) is 0 Å². The normalized spacial score (nSPS) is 13.1. The van der Waals surface area contributed by atoms with Crippen molar-refractivity contribution in [3.8, 4) is 0 Å². The van der Waals surface area contributed by atoms with E-state index in [1.54, 1.807) is 0 Å². The third-order valence-electron chi connectivity index (χ3n) is 2.14. The molecule has 0 heterocycles. The molecule has 0 unspecified atom stereocenters. The van der Waals surface area contributed by atoms with Crippen LogP contribution in [0.5, 0.6) is 0 Å². The Balaban J connectivity index is 3.73. The molecule has 98 valence electrons. The second-order valence-corrected chi connectivity index (χ2v) is 5.76. The third kappa shape index (κ3) is 8.05. The first-order valence-electron chi connectivity index (χ1n) is 5.70. The van der Waals surface area contributed by atoms with Crippen molar-refractivity contribution in [3.63, 3.8) is 0 Å². The third-order valence-corrected chi connectivity index (χ3v) is 2.14. The zero-order valence-electron chi connectivity index (χ0n) is 11.0. The van der Waals surface area contributed by atoms with Gasteiger partial charge in [0.25, 0.3) is 0 Å². The highest BCUT2D eigenvalue weighted by Crippen LogP contribution is 2.19. The van der Waals surface area contributed by atoms with Gasteiger partial charge < -0.3 is 19.7 Å². The van der Waals surface area contributed by atoms with Gasteiger partial charge in [0.15, 0.2) is 0 Å².